The van der Waals surface area contributed by atoms with Gasteiger partial charge in [-0.05, 0) is 31.2 Å². The number of hydrogen-bond donors (Lipinski definition) is 2. The van der Waals surface area contributed by atoms with Gasteiger partial charge < -0.3 is 5.73 Å². The molecular weight excluding hydrogens is 236 g/mol. The molecule has 0 aromatic heterocycles. The molecule has 0 spiro atoms. The fourth-order valence-electron chi connectivity index (χ4n) is 0.995. The molecule has 3 N–H and O–H groups in total. The summed E-state index contributed by atoms with van der Waals surface area (Å²) in [7, 11) is -3.48. The summed E-state index contributed by atoms with van der Waals surface area (Å²) in [5, 5.41) is 0.501. The van der Waals surface area contributed by atoms with E-state index in [2.05, 4.69) is 4.72 Å². The molecule has 0 bridgehead atoms. The molecule has 0 aliphatic carbocycles. The first-order valence-electron chi connectivity index (χ1n) is 4.43. The zero-order valence-corrected chi connectivity index (χ0v) is 9.85. The topological polar surface area (TPSA) is 72.2 Å². The van der Waals surface area contributed by atoms with E-state index in [-0.39, 0.29) is 17.5 Å². The molecule has 4 nitrogen and oxygen atoms in total. The molecule has 6 heteroatoms. The van der Waals surface area contributed by atoms with E-state index in [1.807, 2.05) is 0 Å². The summed E-state index contributed by atoms with van der Waals surface area (Å²) >= 11 is 5.66. The van der Waals surface area contributed by atoms with Gasteiger partial charge in [0.25, 0.3) is 0 Å². The highest BCUT2D eigenvalue weighted by Gasteiger charge is 2.15. The number of hydrogen-bond acceptors (Lipinski definition) is 3. The standard InChI is InChI=1S/C9H13ClN2O2S/c1-7(6-11)12-15(13,14)9-4-2-8(10)3-5-9/h2-5,7,12H,6,11H2,1H3/t7-/m0/s1. The first-order valence-corrected chi connectivity index (χ1v) is 6.30. The predicted molar refractivity (Wildman–Crippen MR) is 60.3 cm³/mol. The van der Waals surface area contributed by atoms with Crippen molar-refractivity contribution in [2.24, 2.45) is 5.73 Å². The lowest BCUT2D eigenvalue weighted by Gasteiger charge is -2.11. The first-order chi connectivity index (χ1) is 6.95. The Labute approximate surface area is 94.5 Å². The van der Waals surface area contributed by atoms with E-state index in [0.29, 0.717) is 5.02 Å². The number of halogens is 1. The van der Waals surface area contributed by atoms with E-state index in [9.17, 15) is 8.42 Å². The molecule has 0 heterocycles. The van der Waals surface area contributed by atoms with E-state index in [4.69, 9.17) is 17.3 Å². The van der Waals surface area contributed by atoms with Crippen LogP contribution in [0.3, 0.4) is 0 Å². The molecule has 0 saturated heterocycles. The summed E-state index contributed by atoms with van der Waals surface area (Å²) in [4.78, 5) is 0.187. The van der Waals surface area contributed by atoms with Gasteiger partial charge in [-0.2, -0.15) is 0 Å². The smallest absolute Gasteiger partial charge is 0.240 e. The molecule has 15 heavy (non-hydrogen) atoms. The maximum absolute atomic E-state index is 11.7. The van der Waals surface area contributed by atoms with E-state index in [1.54, 1.807) is 6.92 Å². The lowest BCUT2D eigenvalue weighted by atomic mass is 10.4. The summed E-state index contributed by atoms with van der Waals surface area (Å²) in [5.74, 6) is 0. The predicted octanol–water partition coefficient (Wildman–Crippen LogP) is 0.966. The largest absolute Gasteiger partial charge is 0.329 e. The normalized spacial score (nSPS) is 13.8. The Morgan fingerprint density at radius 2 is 1.93 bits per heavy atom. The summed E-state index contributed by atoms with van der Waals surface area (Å²) in [6.07, 6.45) is 0. The Hall–Kier alpha value is -0.620. The Morgan fingerprint density at radius 1 is 1.40 bits per heavy atom. The van der Waals surface area contributed by atoms with Crippen LogP contribution < -0.4 is 10.5 Å². The van der Waals surface area contributed by atoms with Crippen molar-refractivity contribution >= 4 is 21.6 Å². The van der Waals surface area contributed by atoms with E-state index in [1.165, 1.54) is 24.3 Å². The molecule has 1 atom stereocenters. The van der Waals surface area contributed by atoms with Crippen LogP contribution in [-0.2, 0) is 10.0 Å². The average Bonchev–Trinajstić information content (AvgIpc) is 2.17. The van der Waals surface area contributed by atoms with Gasteiger partial charge in [0.2, 0.25) is 10.0 Å². The van der Waals surface area contributed by atoms with Gasteiger partial charge in [-0.15, -0.1) is 0 Å². The van der Waals surface area contributed by atoms with E-state index in [0.717, 1.165) is 0 Å². The van der Waals surface area contributed by atoms with Crippen LogP contribution in [0.25, 0.3) is 0 Å². The quantitative estimate of drug-likeness (QED) is 0.834. The van der Waals surface area contributed by atoms with Gasteiger partial charge in [0, 0.05) is 17.6 Å². The molecule has 0 aliphatic heterocycles. The second-order valence-corrected chi connectivity index (χ2v) is 5.36. The van der Waals surface area contributed by atoms with Crippen LogP contribution in [0, 0.1) is 0 Å². The van der Waals surface area contributed by atoms with Gasteiger partial charge >= 0.3 is 0 Å². The molecule has 84 valence electrons. The third kappa shape index (κ3) is 3.46. The summed E-state index contributed by atoms with van der Waals surface area (Å²) < 4.78 is 25.9. The van der Waals surface area contributed by atoms with Gasteiger partial charge in [-0.1, -0.05) is 11.6 Å². The second kappa shape index (κ2) is 4.94. The monoisotopic (exact) mass is 248 g/mol. The maximum Gasteiger partial charge on any atom is 0.240 e. The average molecular weight is 249 g/mol. The van der Waals surface area contributed by atoms with Gasteiger partial charge in [0.1, 0.15) is 0 Å². The number of sulfonamides is 1. The van der Waals surface area contributed by atoms with Crippen LogP contribution in [-0.4, -0.2) is 21.0 Å². The molecule has 0 saturated carbocycles. The minimum atomic E-state index is -3.48. The van der Waals surface area contributed by atoms with Crippen LogP contribution in [0.2, 0.25) is 5.02 Å². The highest BCUT2D eigenvalue weighted by atomic mass is 35.5. The molecule has 0 fully saturated rings. The van der Waals surface area contributed by atoms with E-state index < -0.39 is 10.0 Å². The van der Waals surface area contributed by atoms with Gasteiger partial charge in [0.15, 0.2) is 0 Å². The molecule has 0 unspecified atom stereocenters. The lowest BCUT2D eigenvalue weighted by molar-refractivity contribution is 0.562. The summed E-state index contributed by atoms with van der Waals surface area (Å²) in [6, 6.07) is 5.68. The molecule has 1 rings (SSSR count). The lowest BCUT2D eigenvalue weighted by Crippen LogP contribution is -2.37. The fourth-order valence-corrected chi connectivity index (χ4v) is 2.38. The molecule has 0 amide bonds. The highest BCUT2D eigenvalue weighted by molar-refractivity contribution is 7.89. The Balaban J connectivity index is 2.91. The minimum Gasteiger partial charge on any atom is -0.329 e. The molecule has 0 radical (unpaired) electrons. The Morgan fingerprint density at radius 3 is 2.40 bits per heavy atom. The zero-order chi connectivity index (χ0) is 11.5. The van der Waals surface area contributed by atoms with Crippen molar-refractivity contribution in [1.29, 1.82) is 0 Å². The third-order valence-corrected chi connectivity index (χ3v) is 3.69. The number of benzene rings is 1. The number of nitrogens with two attached hydrogens (primary N) is 1. The Kier molecular flexibility index (Phi) is 4.10. The second-order valence-electron chi connectivity index (χ2n) is 3.21. The maximum atomic E-state index is 11.7. The molecular formula is C9H13ClN2O2S. The van der Waals surface area contributed by atoms with Crippen molar-refractivity contribution in [1.82, 2.24) is 4.72 Å². The van der Waals surface area contributed by atoms with Crippen molar-refractivity contribution < 1.29 is 8.42 Å². The van der Waals surface area contributed by atoms with Crippen molar-refractivity contribution in [3.8, 4) is 0 Å². The molecule has 1 aromatic carbocycles. The van der Waals surface area contributed by atoms with Crippen molar-refractivity contribution in [3.05, 3.63) is 29.3 Å². The van der Waals surface area contributed by atoms with Crippen molar-refractivity contribution in [2.75, 3.05) is 6.54 Å². The molecule has 0 aliphatic rings. The van der Waals surface area contributed by atoms with Crippen LogP contribution >= 0.6 is 11.6 Å². The summed E-state index contributed by atoms with van der Waals surface area (Å²) in [5.41, 5.74) is 5.33. The highest BCUT2D eigenvalue weighted by Crippen LogP contribution is 2.13. The SMILES string of the molecule is C[C@@H](CN)NS(=O)(=O)c1ccc(Cl)cc1. The van der Waals surface area contributed by atoms with Crippen molar-refractivity contribution in [3.63, 3.8) is 0 Å². The fraction of sp³-hybridized carbons (Fsp3) is 0.333. The summed E-state index contributed by atoms with van der Waals surface area (Å²) in [6.45, 7) is 1.96. The minimum absolute atomic E-state index is 0.187. The number of rotatable bonds is 4. The van der Waals surface area contributed by atoms with Gasteiger partial charge in [-0.25, -0.2) is 13.1 Å². The first kappa shape index (κ1) is 12.4. The van der Waals surface area contributed by atoms with Crippen LogP contribution in [0.1, 0.15) is 6.92 Å². The van der Waals surface area contributed by atoms with Crippen LogP contribution in [0.4, 0.5) is 0 Å². The Bertz CT molecular complexity index is 416. The molecule has 1 aromatic rings. The third-order valence-electron chi connectivity index (χ3n) is 1.83. The van der Waals surface area contributed by atoms with Crippen LogP contribution in [0.5, 0.6) is 0 Å². The van der Waals surface area contributed by atoms with Gasteiger partial charge in [-0.3, -0.25) is 0 Å². The zero-order valence-electron chi connectivity index (χ0n) is 8.27. The van der Waals surface area contributed by atoms with Gasteiger partial charge in [0.05, 0.1) is 4.90 Å². The van der Waals surface area contributed by atoms with Crippen molar-refractivity contribution in [2.45, 2.75) is 17.9 Å². The van der Waals surface area contributed by atoms with Crippen LogP contribution in [0.15, 0.2) is 29.2 Å². The van der Waals surface area contributed by atoms with E-state index >= 15 is 0 Å². The number of nitrogens with one attached hydrogen (secondary N) is 1.